The fourth-order valence-electron chi connectivity index (χ4n) is 2.53. The van der Waals surface area contributed by atoms with Gasteiger partial charge >= 0.3 is 0 Å². The van der Waals surface area contributed by atoms with E-state index in [4.69, 9.17) is 0 Å². The molecule has 0 radical (unpaired) electrons. The lowest BCUT2D eigenvalue weighted by molar-refractivity contribution is 0.472. The predicted octanol–water partition coefficient (Wildman–Crippen LogP) is 5.99. The third-order valence-electron chi connectivity index (χ3n) is 3.65. The zero-order chi connectivity index (χ0) is 14.8. The van der Waals surface area contributed by atoms with Crippen molar-refractivity contribution in [3.63, 3.8) is 0 Å². The van der Waals surface area contributed by atoms with Gasteiger partial charge in [0.2, 0.25) is 0 Å². The van der Waals surface area contributed by atoms with Crippen molar-refractivity contribution in [1.29, 1.82) is 0 Å². The standard InChI is InChI=1S/C17H27BrFN/c1-3-5-6-7-8-9-13-16(20-4-2)14-11-10-12-15(19)17(14)18/h10-12,16,20H,3-9,13H2,1-2H3. The number of halogens is 2. The van der Waals surface area contributed by atoms with E-state index in [-0.39, 0.29) is 11.9 Å². The van der Waals surface area contributed by atoms with Gasteiger partial charge in [-0.2, -0.15) is 0 Å². The predicted molar refractivity (Wildman–Crippen MR) is 88.5 cm³/mol. The van der Waals surface area contributed by atoms with Gasteiger partial charge in [-0.15, -0.1) is 0 Å². The topological polar surface area (TPSA) is 12.0 Å². The minimum absolute atomic E-state index is 0.173. The quantitative estimate of drug-likeness (QED) is 0.514. The van der Waals surface area contributed by atoms with E-state index in [9.17, 15) is 4.39 Å². The van der Waals surface area contributed by atoms with Gasteiger partial charge in [-0.25, -0.2) is 4.39 Å². The van der Waals surface area contributed by atoms with Gasteiger partial charge in [0.25, 0.3) is 0 Å². The SMILES string of the molecule is CCCCCCCCC(NCC)c1cccc(F)c1Br. The number of rotatable bonds is 10. The molecule has 0 aromatic heterocycles. The minimum Gasteiger partial charge on any atom is -0.310 e. The summed E-state index contributed by atoms with van der Waals surface area (Å²) in [5.41, 5.74) is 1.04. The first-order valence-electron chi connectivity index (χ1n) is 7.88. The summed E-state index contributed by atoms with van der Waals surface area (Å²) in [6.45, 7) is 5.24. The molecule has 0 saturated heterocycles. The average molecular weight is 344 g/mol. The monoisotopic (exact) mass is 343 g/mol. The normalized spacial score (nSPS) is 12.6. The summed E-state index contributed by atoms with van der Waals surface area (Å²) in [6, 6.07) is 5.55. The van der Waals surface area contributed by atoms with Crippen LogP contribution in [0.1, 0.15) is 70.4 Å². The van der Waals surface area contributed by atoms with Gasteiger partial charge in [-0.3, -0.25) is 0 Å². The van der Waals surface area contributed by atoms with E-state index < -0.39 is 0 Å². The van der Waals surface area contributed by atoms with E-state index in [0.717, 1.165) is 18.5 Å². The highest BCUT2D eigenvalue weighted by Crippen LogP contribution is 2.29. The van der Waals surface area contributed by atoms with Crippen LogP contribution in [0.5, 0.6) is 0 Å². The second-order valence-electron chi connectivity index (χ2n) is 5.31. The molecule has 1 aromatic carbocycles. The molecule has 0 spiro atoms. The van der Waals surface area contributed by atoms with E-state index >= 15 is 0 Å². The summed E-state index contributed by atoms with van der Waals surface area (Å²) in [5, 5.41) is 3.47. The molecular formula is C17H27BrFN. The number of benzene rings is 1. The molecule has 1 rings (SSSR count). The number of hydrogen-bond donors (Lipinski definition) is 1. The molecule has 1 nitrogen and oxygen atoms in total. The van der Waals surface area contributed by atoms with Gasteiger partial charge in [-0.1, -0.05) is 64.5 Å². The Kier molecular flexibility index (Phi) is 9.12. The Labute approximate surface area is 131 Å². The van der Waals surface area contributed by atoms with Gasteiger partial charge in [-0.05, 0) is 40.5 Å². The van der Waals surface area contributed by atoms with Crippen LogP contribution in [0.3, 0.4) is 0 Å². The number of hydrogen-bond acceptors (Lipinski definition) is 1. The molecule has 1 aromatic rings. The molecule has 114 valence electrons. The molecule has 1 N–H and O–H groups in total. The van der Waals surface area contributed by atoms with Crippen molar-refractivity contribution < 1.29 is 4.39 Å². The molecule has 1 atom stereocenters. The summed E-state index contributed by atoms with van der Waals surface area (Å²) in [4.78, 5) is 0. The Morgan fingerprint density at radius 3 is 2.50 bits per heavy atom. The molecule has 1 unspecified atom stereocenters. The summed E-state index contributed by atoms with van der Waals surface area (Å²) in [6.07, 6.45) is 8.83. The Morgan fingerprint density at radius 1 is 1.10 bits per heavy atom. The van der Waals surface area contributed by atoms with Gasteiger partial charge < -0.3 is 5.32 Å². The van der Waals surface area contributed by atoms with Gasteiger partial charge in [0.1, 0.15) is 5.82 Å². The molecule has 20 heavy (non-hydrogen) atoms. The van der Waals surface area contributed by atoms with E-state index in [1.165, 1.54) is 44.6 Å². The highest BCUT2D eigenvalue weighted by Gasteiger charge is 2.15. The second-order valence-corrected chi connectivity index (χ2v) is 6.10. The molecule has 0 aliphatic carbocycles. The van der Waals surface area contributed by atoms with Crippen molar-refractivity contribution in [3.05, 3.63) is 34.1 Å². The van der Waals surface area contributed by atoms with Crippen LogP contribution < -0.4 is 5.32 Å². The van der Waals surface area contributed by atoms with Gasteiger partial charge in [0.15, 0.2) is 0 Å². The largest absolute Gasteiger partial charge is 0.310 e. The molecular weight excluding hydrogens is 317 g/mol. The lowest BCUT2D eigenvalue weighted by Gasteiger charge is -2.20. The first-order valence-corrected chi connectivity index (χ1v) is 8.67. The maximum atomic E-state index is 13.6. The number of unbranched alkanes of at least 4 members (excludes halogenated alkanes) is 5. The van der Waals surface area contributed by atoms with Crippen LogP contribution in [0.2, 0.25) is 0 Å². The summed E-state index contributed by atoms with van der Waals surface area (Å²) < 4.78 is 14.2. The fraction of sp³-hybridized carbons (Fsp3) is 0.647. The maximum absolute atomic E-state index is 13.6. The zero-order valence-corrected chi connectivity index (χ0v) is 14.3. The lowest BCUT2D eigenvalue weighted by Crippen LogP contribution is -2.21. The average Bonchev–Trinajstić information content (AvgIpc) is 2.45. The molecule has 0 heterocycles. The molecule has 0 bridgehead atoms. The van der Waals surface area contributed by atoms with Crippen LogP contribution in [0.15, 0.2) is 22.7 Å². The van der Waals surface area contributed by atoms with Crippen molar-refractivity contribution in [2.24, 2.45) is 0 Å². The van der Waals surface area contributed by atoms with Crippen LogP contribution in [0, 0.1) is 5.82 Å². The highest BCUT2D eigenvalue weighted by atomic mass is 79.9. The fourth-order valence-corrected chi connectivity index (χ4v) is 3.07. The third-order valence-corrected chi connectivity index (χ3v) is 4.49. The summed E-state index contributed by atoms with van der Waals surface area (Å²) in [7, 11) is 0. The Morgan fingerprint density at radius 2 is 1.80 bits per heavy atom. The maximum Gasteiger partial charge on any atom is 0.137 e. The van der Waals surface area contributed by atoms with Crippen LogP contribution in [0.25, 0.3) is 0 Å². The van der Waals surface area contributed by atoms with Crippen molar-refractivity contribution in [3.8, 4) is 0 Å². The van der Waals surface area contributed by atoms with Gasteiger partial charge in [0, 0.05) is 6.04 Å². The van der Waals surface area contributed by atoms with E-state index in [1.54, 1.807) is 6.07 Å². The zero-order valence-electron chi connectivity index (χ0n) is 12.7. The van der Waals surface area contributed by atoms with Crippen LogP contribution in [-0.4, -0.2) is 6.54 Å². The molecule has 0 aliphatic heterocycles. The van der Waals surface area contributed by atoms with Crippen molar-refractivity contribution in [2.75, 3.05) is 6.54 Å². The summed E-state index contributed by atoms with van der Waals surface area (Å²) >= 11 is 3.38. The third kappa shape index (κ3) is 5.92. The van der Waals surface area contributed by atoms with Crippen LogP contribution in [0.4, 0.5) is 4.39 Å². The minimum atomic E-state index is -0.173. The van der Waals surface area contributed by atoms with Crippen molar-refractivity contribution >= 4 is 15.9 Å². The van der Waals surface area contributed by atoms with Crippen molar-refractivity contribution in [1.82, 2.24) is 5.32 Å². The molecule has 0 amide bonds. The molecule has 0 aliphatic rings. The van der Waals surface area contributed by atoms with E-state index in [1.807, 2.05) is 6.07 Å². The van der Waals surface area contributed by atoms with Crippen LogP contribution in [-0.2, 0) is 0 Å². The lowest BCUT2D eigenvalue weighted by atomic mass is 9.99. The Balaban J connectivity index is 2.49. The molecule has 0 fully saturated rings. The Hall–Kier alpha value is -0.410. The van der Waals surface area contributed by atoms with Crippen LogP contribution >= 0.6 is 15.9 Å². The second kappa shape index (κ2) is 10.3. The molecule has 0 saturated carbocycles. The first kappa shape index (κ1) is 17.6. The molecule has 3 heteroatoms. The first-order chi connectivity index (χ1) is 9.70. The van der Waals surface area contributed by atoms with Crippen molar-refractivity contribution in [2.45, 2.75) is 64.8 Å². The van der Waals surface area contributed by atoms with Gasteiger partial charge in [0.05, 0.1) is 4.47 Å². The summed E-state index contributed by atoms with van der Waals surface area (Å²) in [5.74, 6) is -0.173. The Bertz CT molecular complexity index is 381. The number of nitrogens with one attached hydrogen (secondary N) is 1. The highest BCUT2D eigenvalue weighted by molar-refractivity contribution is 9.10. The van der Waals surface area contributed by atoms with E-state index in [2.05, 4.69) is 35.1 Å². The smallest absolute Gasteiger partial charge is 0.137 e. The van der Waals surface area contributed by atoms with E-state index in [0.29, 0.717) is 4.47 Å².